The lowest BCUT2D eigenvalue weighted by Crippen LogP contribution is -2.54. The van der Waals surface area contributed by atoms with E-state index < -0.39 is 33.7 Å². The molecule has 0 bridgehead atoms. The lowest BCUT2D eigenvalue weighted by molar-refractivity contribution is 0.0716. The summed E-state index contributed by atoms with van der Waals surface area (Å²) in [5, 5.41) is 40.8. The van der Waals surface area contributed by atoms with Gasteiger partial charge in [0.1, 0.15) is 5.75 Å². The average Bonchev–Trinajstić information content (AvgIpc) is 2.79. The van der Waals surface area contributed by atoms with Crippen LogP contribution >= 0.6 is 0 Å². The zero-order valence-corrected chi connectivity index (χ0v) is 20.1. The highest BCUT2D eigenvalue weighted by Crippen LogP contribution is 2.31. The van der Waals surface area contributed by atoms with Crippen LogP contribution in [0.25, 0.3) is 0 Å². The van der Waals surface area contributed by atoms with Crippen molar-refractivity contribution < 1.29 is 28.5 Å². The van der Waals surface area contributed by atoms with Gasteiger partial charge in [0.2, 0.25) is 10.0 Å². The summed E-state index contributed by atoms with van der Waals surface area (Å²) in [6.07, 6.45) is -1.90. The van der Waals surface area contributed by atoms with Gasteiger partial charge in [-0.05, 0) is 48.1 Å². The van der Waals surface area contributed by atoms with E-state index in [1.54, 1.807) is 24.3 Å². The number of hydrogen-bond acceptors (Lipinski definition) is 6. The van der Waals surface area contributed by atoms with E-state index in [0.717, 1.165) is 5.56 Å². The lowest BCUT2D eigenvalue weighted by Gasteiger charge is -2.39. The van der Waals surface area contributed by atoms with E-state index in [1.807, 2.05) is 19.9 Å². The van der Waals surface area contributed by atoms with Gasteiger partial charge >= 0.3 is 6.09 Å². The molecule has 2 atom stereocenters. The maximum atomic E-state index is 13.8. The number of phenolic OH excluding ortho intramolecular Hbond substituents is 1. The van der Waals surface area contributed by atoms with Crippen LogP contribution in [-0.4, -0.2) is 59.4 Å². The number of phenols is 1. The predicted molar refractivity (Wildman–Crippen MR) is 127 cm³/mol. The Kier molecular flexibility index (Phi) is 9.44. The quantitative estimate of drug-likeness (QED) is 0.358. The molecule has 2 aromatic carbocycles. The fraction of sp³-hybridized carbons (Fsp3) is 0.417. The minimum absolute atomic E-state index is 0.0144. The molecule has 9 nitrogen and oxygen atoms in total. The SMILES string of the molecule is CC(C)(CCC#N)CN(C(Cc1ccccc1)[C@H](O)CNC(=O)O)S(=O)(=O)c1ccc(O)cc1. The van der Waals surface area contributed by atoms with Gasteiger partial charge in [0, 0.05) is 19.5 Å². The van der Waals surface area contributed by atoms with Crippen molar-refractivity contribution >= 4 is 16.1 Å². The molecular weight excluding hydrogens is 458 g/mol. The monoisotopic (exact) mass is 489 g/mol. The summed E-state index contributed by atoms with van der Waals surface area (Å²) in [4.78, 5) is 11.0. The average molecular weight is 490 g/mol. The third kappa shape index (κ3) is 7.73. The first kappa shape index (κ1) is 27.1. The molecule has 0 aromatic heterocycles. The molecule has 0 aliphatic heterocycles. The number of benzene rings is 2. The minimum atomic E-state index is -4.17. The second-order valence-corrected chi connectivity index (χ2v) is 10.8. The largest absolute Gasteiger partial charge is 0.508 e. The van der Waals surface area contributed by atoms with Crippen LogP contribution in [0.2, 0.25) is 0 Å². The molecule has 0 heterocycles. The number of nitrogens with one attached hydrogen (secondary N) is 1. The molecule has 4 N–H and O–H groups in total. The maximum Gasteiger partial charge on any atom is 0.404 e. The summed E-state index contributed by atoms with van der Waals surface area (Å²) in [6, 6.07) is 15.2. The number of hydrogen-bond donors (Lipinski definition) is 4. The number of sulfonamides is 1. The first-order valence-corrected chi connectivity index (χ1v) is 12.3. The maximum absolute atomic E-state index is 13.8. The number of nitriles is 1. The Morgan fingerprint density at radius 1 is 1.15 bits per heavy atom. The smallest absolute Gasteiger partial charge is 0.404 e. The molecule has 0 fully saturated rings. The molecule has 34 heavy (non-hydrogen) atoms. The van der Waals surface area contributed by atoms with Gasteiger partial charge in [-0.15, -0.1) is 0 Å². The van der Waals surface area contributed by atoms with Crippen LogP contribution in [0.5, 0.6) is 5.75 Å². The summed E-state index contributed by atoms with van der Waals surface area (Å²) < 4.78 is 28.8. The summed E-state index contributed by atoms with van der Waals surface area (Å²) in [7, 11) is -4.17. The van der Waals surface area contributed by atoms with Gasteiger partial charge in [-0.3, -0.25) is 0 Å². The molecule has 0 saturated carbocycles. The van der Waals surface area contributed by atoms with E-state index in [0.29, 0.717) is 6.42 Å². The zero-order chi connectivity index (χ0) is 25.4. The van der Waals surface area contributed by atoms with Crippen molar-refractivity contribution in [3.05, 3.63) is 60.2 Å². The molecule has 184 valence electrons. The van der Waals surface area contributed by atoms with Gasteiger partial charge < -0.3 is 20.6 Å². The first-order chi connectivity index (χ1) is 16.0. The van der Waals surface area contributed by atoms with Crippen molar-refractivity contribution in [1.82, 2.24) is 9.62 Å². The Morgan fingerprint density at radius 3 is 2.32 bits per heavy atom. The third-order valence-electron chi connectivity index (χ3n) is 5.50. The zero-order valence-electron chi connectivity index (χ0n) is 19.3. The predicted octanol–water partition coefficient (Wildman–Crippen LogP) is 2.95. The van der Waals surface area contributed by atoms with Gasteiger partial charge in [0.15, 0.2) is 0 Å². The minimum Gasteiger partial charge on any atom is -0.508 e. The number of amides is 1. The van der Waals surface area contributed by atoms with Crippen LogP contribution in [0.3, 0.4) is 0 Å². The van der Waals surface area contributed by atoms with Crippen molar-refractivity contribution in [2.45, 2.75) is 50.2 Å². The topological polar surface area (TPSA) is 151 Å². The Bertz CT molecular complexity index is 1080. The third-order valence-corrected chi connectivity index (χ3v) is 7.39. The fourth-order valence-corrected chi connectivity index (χ4v) is 5.48. The van der Waals surface area contributed by atoms with E-state index >= 15 is 0 Å². The van der Waals surface area contributed by atoms with Crippen LogP contribution in [0.1, 0.15) is 32.3 Å². The summed E-state index contributed by atoms with van der Waals surface area (Å²) in [5.41, 5.74) is 0.150. The number of carbonyl (C=O) groups is 1. The van der Waals surface area contributed by atoms with Crippen LogP contribution in [0, 0.1) is 16.7 Å². The number of nitrogens with zero attached hydrogens (tertiary/aromatic N) is 2. The second kappa shape index (κ2) is 11.8. The molecule has 0 aliphatic rings. The number of carboxylic acid groups (broad SMARTS) is 1. The van der Waals surface area contributed by atoms with Gasteiger partial charge in [0.05, 0.1) is 23.1 Å². The van der Waals surface area contributed by atoms with Gasteiger partial charge in [-0.2, -0.15) is 9.57 Å². The van der Waals surface area contributed by atoms with Crippen molar-refractivity contribution in [2.24, 2.45) is 5.41 Å². The molecule has 1 amide bonds. The van der Waals surface area contributed by atoms with Crippen molar-refractivity contribution in [1.29, 1.82) is 5.26 Å². The molecule has 0 saturated heterocycles. The molecule has 0 radical (unpaired) electrons. The number of rotatable bonds is 12. The van der Waals surface area contributed by atoms with Crippen LogP contribution in [0.4, 0.5) is 4.79 Å². The molecule has 1 unspecified atom stereocenters. The molecular formula is C24H31N3O6S. The van der Waals surface area contributed by atoms with E-state index in [1.165, 1.54) is 28.6 Å². The van der Waals surface area contributed by atoms with Crippen molar-refractivity contribution in [3.8, 4) is 11.8 Å². The van der Waals surface area contributed by atoms with Crippen molar-refractivity contribution in [2.75, 3.05) is 13.1 Å². The number of aromatic hydroxyl groups is 1. The first-order valence-electron chi connectivity index (χ1n) is 10.8. The number of aliphatic hydroxyl groups excluding tert-OH is 1. The van der Waals surface area contributed by atoms with Gasteiger partial charge in [-0.25, -0.2) is 13.2 Å². The lowest BCUT2D eigenvalue weighted by atomic mass is 9.87. The summed E-state index contributed by atoms with van der Waals surface area (Å²) in [6.45, 7) is 3.29. The van der Waals surface area contributed by atoms with Gasteiger partial charge in [-0.1, -0.05) is 44.2 Å². The Balaban J connectivity index is 2.57. The van der Waals surface area contributed by atoms with E-state index in [-0.39, 0.29) is 36.6 Å². The van der Waals surface area contributed by atoms with E-state index in [2.05, 4.69) is 11.4 Å². The molecule has 2 rings (SSSR count). The Morgan fingerprint density at radius 2 is 1.76 bits per heavy atom. The summed E-state index contributed by atoms with van der Waals surface area (Å²) >= 11 is 0. The highest BCUT2D eigenvalue weighted by atomic mass is 32.2. The Labute approximate surface area is 200 Å². The Hall–Kier alpha value is -3.13. The highest BCUT2D eigenvalue weighted by Gasteiger charge is 2.39. The van der Waals surface area contributed by atoms with Crippen LogP contribution in [0.15, 0.2) is 59.5 Å². The number of aliphatic hydroxyl groups is 1. The molecule has 0 spiro atoms. The van der Waals surface area contributed by atoms with E-state index in [4.69, 9.17) is 10.4 Å². The van der Waals surface area contributed by atoms with Gasteiger partial charge in [0.25, 0.3) is 0 Å². The van der Waals surface area contributed by atoms with Crippen molar-refractivity contribution in [3.63, 3.8) is 0 Å². The summed E-state index contributed by atoms with van der Waals surface area (Å²) in [5.74, 6) is -0.0913. The normalized spacial score (nSPS) is 13.7. The van der Waals surface area contributed by atoms with Crippen LogP contribution < -0.4 is 5.32 Å². The standard InChI is InChI=1S/C24H31N3O6S/c1-24(2,13-6-14-25)17-27(34(32,33)20-11-9-19(28)10-12-20)21(22(29)16-26-23(30)31)15-18-7-4-3-5-8-18/h3-5,7-12,21-22,26,28-29H,6,13,15-17H2,1-2H3,(H,30,31)/t21?,22-/m1/s1. The highest BCUT2D eigenvalue weighted by molar-refractivity contribution is 7.89. The fourth-order valence-electron chi connectivity index (χ4n) is 3.64. The van der Waals surface area contributed by atoms with Crippen LogP contribution in [-0.2, 0) is 16.4 Å². The molecule has 10 heteroatoms. The second-order valence-electron chi connectivity index (χ2n) is 8.88. The van der Waals surface area contributed by atoms with E-state index in [9.17, 15) is 23.4 Å². The molecule has 0 aliphatic carbocycles. The molecule has 2 aromatic rings.